The fraction of sp³-hybridized carbons (Fsp3) is 0.364. The molecule has 16 heavy (non-hydrogen) atoms. The Bertz CT molecular complexity index is 483. The highest BCUT2D eigenvalue weighted by Crippen LogP contribution is 2.17. The van der Waals surface area contributed by atoms with Gasteiger partial charge in [0.05, 0.1) is 17.1 Å². The lowest BCUT2D eigenvalue weighted by molar-refractivity contribution is 0.242. The van der Waals surface area contributed by atoms with E-state index in [4.69, 9.17) is 10.00 Å². The summed E-state index contributed by atoms with van der Waals surface area (Å²) >= 11 is 0. The van der Waals surface area contributed by atoms with Crippen LogP contribution in [0, 0.1) is 11.3 Å². The maximum atomic E-state index is 11.5. The normalized spacial score (nSPS) is 11.1. The molecule has 1 rings (SSSR count). The van der Waals surface area contributed by atoms with Crippen LogP contribution in [0.4, 0.5) is 0 Å². The van der Waals surface area contributed by atoms with Crippen molar-refractivity contribution in [2.75, 3.05) is 5.75 Å². The molecular formula is C11H13NO3S. The summed E-state index contributed by atoms with van der Waals surface area (Å²) in [7, 11) is -3.47. The minimum Gasteiger partial charge on any atom is -0.491 e. The summed E-state index contributed by atoms with van der Waals surface area (Å²) in [5.74, 6) is 0.114. The first-order valence-electron chi connectivity index (χ1n) is 4.82. The first kappa shape index (κ1) is 12.5. The first-order valence-corrected chi connectivity index (χ1v) is 6.47. The number of hydrogen-bond acceptors (Lipinski definition) is 4. The Morgan fingerprint density at radius 2 is 1.88 bits per heavy atom. The summed E-state index contributed by atoms with van der Waals surface area (Å²) in [5.41, 5.74) is 0. The number of hydrogen-bond donors (Lipinski definition) is 0. The van der Waals surface area contributed by atoms with Crippen molar-refractivity contribution in [3.05, 3.63) is 24.3 Å². The molecular weight excluding hydrogens is 226 g/mol. The van der Waals surface area contributed by atoms with E-state index in [0.29, 0.717) is 5.75 Å². The molecule has 0 unspecified atom stereocenters. The molecule has 0 fully saturated rings. The quantitative estimate of drug-likeness (QED) is 0.803. The molecule has 0 aliphatic carbocycles. The topological polar surface area (TPSA) is 67.2 Å². The van der Waals surface area contributed by atoms with E-state index in [-0.39, 0.29) is 11.0 Å². The van der Waals surface area contributed by atoms with Crippen LogP contribution in [0.3, 0.4) is 0 Å². The highest BCUT2D eigenvalue weighted by atomic mass is 32.2. The van der Waals surface area contributed by atoms with Gasteiger partial charge in [-0.25, -0.2) is 8.42 Å². The van der Waals surface area contributed by atoms with E-state index in [1.54, 1.807) is 18.2 Å². The van der Waals surface area contributed by atoms with E-state index in [9.17, 15) is 8.42 Å². The number of benzene rings is 1. The van der Waals surface area contributed by atoms with E-state index in [1.807, 2.05) is 13.8 Å². The van der Waals surface area contributed by atoms with Gasteiger partial charge in [-0.15, -0.1) is 0 Å². The molecule has 0 saturated heterocycles. The standard InChI is InChI=1S/C11H13NO3S/c1-9(2)15-10-3-5-11(6-4-10)16(13,14)8-7-12/h3-6,9H,8H2,1-2H3. The minimum absolute atomic E-state index is 0.0431. The lowest BCUT2D eigenvalue weighted by Crippen LogP contribution is -2.07. The Kier molecular flexibility index (Phi) is 3.91. The van der Waals surface area contributed by atoms with Crippen LogP contribution in [0.15, 0.2) is 29.2 Å². The summed E-state index contributed by atoms with van der Waals surface area (Å²) in [5, 5.41) is 8.38. The van der Waals surface area contributed by atoms with Crippen LogP contribution in [0.2, 0.25) is 0 Å². The van der Waals surface area contributed by atoms with Gasteiger partial charge in [0.1, 0.15) is 11.5 Å². The van der Waals surface area contributed by atoms with Gasteiger partial charge in [-0.3, -0.25) is 0 Å². The summed E-state index contributed by atoms with van der Waals surface area (Å²) < 4.78 is 28.4. The number of ether oxygens (including phenoxy) is 1. The van der Waals surface area contributed by atoms with Crippen LogP contribution in [-0.4, -0.2) is 20.3 Å². The summed E-state index contributed by atoms with van der Waals surface area (Å²) in [6.45, 7) is 3.78. The number of sulfone groups is 1. The fourth-order valence-corrected chi connectivity index (χ4v) is 2.05. The van der Waals surface area contributed by atoms with Crippen molar-refractivity contribution in [1.29, 1.82) is 5.26 Å². The molecule has 0 atom stereocenters. The SMILES string of the molecule is CC(C)Oc1ccc(S(=O)(=O)CC#N)cc1. The third-order valence-electron chi connectivity index (χ3n) is 1.81. The van der Waals surface area contributed by atoms with Gasteiger partial charge in [-0.05, 0) is 38.1 Å². The zero-order chi connectivity index (χ0) is 12.2. The average molecular weight is 239 g/mol. The third-order valence-corrected chi connectivity index (χ3v) is 3.31. The highest BCUT2D eigenvalue weighted by molar-refractivity contribution is 7.91. The first-order chi connectivity index (χ1) is 7.45. The molecule has 0 heterocycles. The molecule has 0 N–H and O–H groups in total. The lowest BCUT2D eigenvalue weighted by atomic mass is 10.3. The summed E-state index contributed by atoms with van der Waals surface area (Å²) in [4.78, 5) is 0.144. The Hall–Kier alpha value is -1.54. The molecule has 0 aliphatic rings. The van der Waals surface area contributed by atoms with Crippen molar-refractivity contribution in [3.8, 4) is 11.8 Å². The summed E-state index contributed by atoms with van der Waals surface area (Å²) in [6.07, 6.45) is 0.0431. The lowest BCUT2D eigenvalue weighted by Gasteiger charge is -2.09. The van der Waals surface area contributed by atoms with Crippen LogP contribution in [0.25, 0.3) is 0 Å². The monoisotopic (exact) mass is 239 g/mol. The van der Waals surface area contributed by atoms with E-state index >= 15 is 0 Å². The maximum absolute atomic E-state index is 11.5. The largest absolute Gasteiger partial charge is 0.491 e. The second kappa shape index (κ2) is 4.99. The van der Waals surface area contributed by atoms with Crippen LogP contribution in [-0.2, 0) is 9.84 Å². The molecule has 0 saturated carbocycles. The van der Waals surface area contributed by atoms with Gasteiger partial charge in [0, 0.05) is 0 Å². The van der Waals surface area contributed by atoms with Crippen molar-refractivity contribution >= 4 is 9.84 Å². The van der Waals surface area contributed by atoms with Crippen LogP contribution in [0.1, 0.15) is 13.8 Å². The minimum atomic E-state index is -3.47. The van der Waals surface area contributed by atoms with Gasteiger partial charge in [-0.1, -0.05) is 0 Å². The molecule has 1 aromatic carbocycles. The van der Waals surface area contributed by atoms with Crippen LogP contribution < -0.4 is 4.74 Å². The third kappa shape index (κ3) is 3.24. The molecule has 0 radical (unpaired) electrons. The van der Waals surface area contributed by atoms with E-state index in [2.05, 4.69) is 0 Å². The van der Waals surface area contributed by atoms with E-state index in [0.717, 1.165) is 0 Å². The average Bonchev–Trinajstić information content (AvgIpc) is 2.17. The van der Waals surface area contributed by atoms with Crippen molar-refractivity contribution in [3.63, 3.8) is 0 Å². The Labute approximate surface area is 95.4 Å². The second-order valence-corrected chi connectivity index (χ2v) is 5.54. The van der Waals surface area contributed by atoms with Gasteiger partial charge in [0.15, 0.2) is 9.84 Å². The van der Waals surface area contributed by atoms with Gasteiger partial charge in [-0.2, -0.15) is 5.26 Å². The molecule has 86 valence electrons. The van der Waals surface area contributed by atoms with Gasteiger partial charge < -0.3 is 4.74 Å². The van der Waals surface area contributed by atoms with Gasteiger partial charge >= 0.3 is 0 Å². The second-order valence-electron chi connectivity index (χ2n) is 3.56. The maximum Gasteiger partial charge on any atom is 0.191 e. The van der Waals surface area contributed by atoms with Crippen molar-refractivity contribution in [1.82, 2.24) is 0 Å². The van der Waals surface area contributed by atoms with Crippen LogP contribution >= 0.6 is 0 Å². The number of nitriles is 1. The Morgan fingerprint density at radius 1 is 1.31 bits per heavy atom. The van der Waals surface area contributed by atoms with E-state index in [1.165, 1.54) is 12.1 Å². The molecule has 0 bridgehead atoms. The fourth-order valence-electron chi connectivity index (χ4n) is 1.17. The van der Waals surface area contributed by atoms with Gasteiger partial charge in [0.25, 0.3) is 0 Å². The van der Waals surface area contributed by atoms with Crippen molar-refractivity contribution < 1.29 is 13.2 Å². The molecule has 1 aromatic rings. The molecule has 4 nitrogen and oxygen atoms in total. The zero-order valence-electron chi connectivity index (χ0n) is 9.17. The summed E-state index contributed by atoms with van der Waals surface area (Å²) in [6, 6.07) is 7.71. The van der Waals surface area contributed by atoms with Crippen LogP contribution in [0.5, 0.6) is 5.75 Å². The Morgan fingerprint density at radius 3 is 2.31 bits per heavy atom. The highest BCUT2D eigenvalue weighted by Gasteiger charge is 2.13. The molecule has 0 spiro atoms. The Balaban J connectivity index is 2.92. The molecule has 0 aromatic heterocycles. The predicted molar refractivity (Wildman–Crippen MR) is 59.9 cm³/mol. The predicted octanol–water partition coefficient (Wildman–Crippen LogP) is 1.77. The number of nitrogens with zero attached hydrogens (tertiary/aromatic N) is 1. The molecule has 0 aliphatic heterocycles. The number of rotatable bonds is 4. The van der Waals surface area contributed by atoms with Gasteiger partial charge in [0.2, 0.25) is 0 Å². The molecule has 5 heteroatoms. The zero-order valence-corrected chi connectivity index (χ0v) is 9.99. The smallest absolute Gasteiger partial charge is 0.191 e. The molecule has 0 amide bonds. The van der Waals surface area contributed by atoms with Crippen molar-refractivity contribution in [2.24, 2.45) is 0 Å². The van der Waals surface area contributed by atoms with E-state index < -0.39 is 15.6 Å². The van der Waals surface area contributed by atoms with Crippen molar-refractivity contribution in [2.45, 2.75) is 24.8 Å².